The average Bonchev–Trinajstić information content (AvgIpc) is 2.93. The van der Waals surface area contributed by atoms with Crippen LogP contribution in [-0.2, 0) is 11.8 Å². The second-order valence-corrected chi connectivity index (χ2v) is 5.73. The third kappa shape index (κ3) is 3.53. The molecule has 5 heteroatoms. The molecule has 2 rings (SSSR count). The zero-order valence-electron chi connectivity index (χ0n) is 13.1. The van der Waals surface area contributed by atoms with Crippen LogP contribution in [0.3, 0.4) is 0 Å². The lowest BCUT2D eigenvalue weighted by atomic mass is 10.1. The van der Waals surface area contributed by atoms with E-state index in [1.807, 2.05) is 13.0 Å². The Hall–Kier alpha value is -1.62. The van der Waals surface area contributed by atoms with Gasteiger partial charge in [0.1, 0.15) is 5.56 Å². The highest BCUT2D eigenvalue weighted by atomic mass is 16.5. The third-order valence-electron chi connectivity index (χ3n) is 4.06. The first-order valence-corrected chi connectivity index (χ1v) is 7.58. The Morgan fingerprint density at radius 3 is 2.90 bits per heavy atom. The highest BCUT2D eigenvalue weighted by Crippen LogP contribution is 2.18. The van der Waals surface area contributed by atoms with Crippen molar-refractivity contribution in [3.8, 4) is 0 Å². The molecule has 0 saturated carbocycles. The number of amides is 1. The molecule has 1 saturated heterocycles. The van der Waals surface area contributed by atoms with E-state index in [4.69, 9.17) is 4.74 Å². The summed E-state index contributed by atoms with van der Waals surface area (Å²) in [5, 5.41) is 0. The molecule has 2 heterocycles. The van der Waals surface area contributed by atoms with Crippen LogP contribution in [-0.4, -0.2) is 41.7 Å². The van der Waals surface area contributed by atoms with Crippen LogP contribution in [0, 0.1) is 12.8 Å². The fraction of sp³-hybridized carbons (Fsp3) is 0.625. The van der Waals surface area contributed by atoms with Crippen LogP contribution in [0.25, 0.3) is 0 Å². The predicted octanol–water partition coefficient (Wildman–Crippen LogP) is 1.58. The van der Waals surface area contributed by atoms with E-state index in [1.54, 1.807) is 18.0 Å². The highest BCUT2D eigenvalue weighted by molar-refractivity contribution is 5.94. The second-order valence-electron chi connectivity index (χ2n) is 5.73. The summed E-state index contributed by atoms with van der Waals surface area (Å²) in [5.41, 5.74) is 0.896. The Kier molecular flexibility index (Phi) is 5.17. The van der Waals surface area contributed by atoms with E-state index < -0.39 is 0 Å². The summed E-state index contributed by atoms with van der Waals surface area (Å²) < 4.78 is 7.07. The van der Waals surface area contributed by atoms with Crippen molar-refractivity contribution in [1.82, 2.24) is 9.47 Å². The summed E-state index contributed by atoms with van der Waals surface area (Å²) in [7, 11) is 1.69. The van der Waals surface area contributed by atoms with Crippen molar-refractivity contribution in [3.63, 3.8) is 0 Å². The van der Waals surface area contributed by atoms with Crippen LogP contribution in [0.15, 0.2) is 16.9 Å². The minimum absolute atomic E-state index is 0.159. The summed E-state index contributed by atoms with van der Waals surface area (Å²) in [5.74, 6) is 0.225. The molecule has 1 aromatic rings. The number of aryl methyl sites for hydroxylation is 1. The van der Waals surface area contributed by atoms with Crippen LogP contribution in [0.5, 0.6) is 0 Å². The maximum atomic E-state index is 12.5. The molecule has 1 unspecified atom stereocenters. The van der Waals surface area contributed by atoms with E-state index in [9.17, 15) is 9.59 Å². The lowest BCUT2D eigenvalue weighted by Gasteiger charge is -2.17. The van der Waals surface area contributed by atoms with Crippen LogP contribution in [0.4, 0.5) is 0 Å². The van der Waals surface area contributed by atoms with Crippen molar-refractivity contribution >= 4 is 5.91 Å². The summed E-state index contributed by atoms with van der Waals surface area (Å²) in [6, 6.07) is 3.45. The number of carbonyl (C=O) groups is 1. The van der Waals surface area contributed by atoms with Crippen molar-refractivity contribution < 1.29 is 9.53 Å². The molecular formula is C16H24N2O3. The molecule has 0 radical (unpaired) electrons. The van der Waals surface area contributed by atoms with Crippen LogP contribution in [0.1, 0.15) is 35.8 Å². The Balaban J connectivity index is 2.02. The van der Waals surface area contributed by atoms with Crippen molar-refractivity contribution in [1.29, 1.82) is 0 Å². The number of rotatable bonds is 5. The molecule has 1 aromatic heterocycles. The number of hydrogen-bond acceptors (Lipinski definition) is 3. The topological polar surface area (TPSA) is 51.5 Å². The Morgan fingerprint density at radius 2 is 2.19 bits per heavy atom. The molecule has 0 spiro atoms. The SMILES string of the molecule is CCCOCC1CCN(C(=O)c2ccc(C)n(C)c2=O)C1. The zero-order valence-corrected chi connectivity index (χ0v) is 13.1. The van der Waals surface area contributed by atoms with Gasteiger partial charge in [-0.2, -0.15) is 0 Å². The number of likely N-dealkylation sites (tertiary alicyclic amines) is 1. The molecule has 1 aliphatic rings. The monoisotopic (exact) mass is 292 g/mol. The maximum Gasteiger partial charge on any atom is 0.263 e. The largest absolute Gasteiger partial charge is 0.381 e. The molecular weight excluding hydrogens is 268 g/mol. The maximum absolute atomic E-state index is 12.5. The van der Waals surface area contributed by atoms with Crippen molar-refractivity contribution in [2.45, 2.75) is 26.7 Å². The summed E-state index contributed by atoms with van der Waals surface area (Å²) >= 11 is 0. The quantitative estimate of drug-likeness (QED) is 0.774. The molecule has 0 bridgehead atoms. The smallest absolute Gasteiger partial charge is 0.263 e. The molecule has 1 amide bonds. The predicted molar refractivity (Wildman–Crippen MR) is 81.5 cm³/mol. The summed E-state index contributed by atoms with van der Waals surface area (Å²) in [4.78, 5) is 26.4. The minimum atomic E-state index is -0.217. The van der Waals surface area contributed by atoms with Gasteiger partial charge in [-0.3, -0.25) is 9.59 Å². The number of pyridine rings is 1. The molecule has 1 fully saturated rings. The lowest BCUT2D eigenvalue weighted by Crippen LogP contribution is -2.35. The number of hydrogen-bond donors (Lipinski definition) is 0. The Morgan fingerprint density at radius 1 is 1.43 bits per heavy atom. The molecule has 0 aliphatic carbocycles. The standard InChI is InChI=1S/C16H24N2O3/c1-4-9-21-11-13-7-8-18(10-13)16(20)14-6-5-12(2)17(3)15(14)19/h5-6,13H,4,7-11H2,1-3H3. The van der Waals surface area contributed by atoms with E-state index in [1.165, 1.54) is 4.57 Å². The number of aromatic nitrogens is 1. The third-order valence-corrected chi connectivity index (χ3v) is 4.06. The van der Waals surface area contributed by atoms with Crippen LogP contribution in [0.2, 0.25) is 0 Å². The first-order chi connectivity index (χ1) is 10.0. The Bertz CT molecular complexity index is 565. The number of nitrogens with zero attached hydrogens (tertiary/aromatic N) is 2. The normalized spacial score (nSPS) is 18.2. The van der Waals surface area contributed by atoms with Gasteiger partial charge < -0.3 is 14.2 Å². The van der Waals surface area contributed by atoms with Crippen molar-refractivity contribution in [2.24, 2.45) is 13.0 Å². The fourth-order valence-corrected chi connectivity index (χ4v) is 2.61. The van der Waals surface area contributed by atoms with Gasteiger partial charge in [-0.1, -0.05) is 6.92 Å². The minimum Gasteiger partial charge on any atom is -0.381 e. The lowest BCUT2D eigenvalue weighted by molar-refractivity contribution is 0.0752. The van der Waals surface area contributed by atoms with Gasteiger partial charge in [-0.05, 0) is 31.9 Å². The molecule has 0 aromatic carbocycles. The van der Waals surface area contributed by atoms with E-state index in [-0.39, 0.29) is 17.0 Å². The van der Waals surface area contributed by atoms with Crippen LogP contribution < -0.4 is 5.56 Å². The van der Waals surface area contributed by atoms with Gasteiger partial charge in [0, 0.05) is 38.4 Å². The second kappa shape index (κ2) is 6.89. The average molecular weight is 292 g/mol. The van der Waals surface area contributed by atoms with Gasteiger partial charge in [0.15, 0.2) is 0 Å². The highest BCUT2D eigenvalue weighted by Gasteiger charge is 2.28. The molecule has 116 valence electrons. The fourth-order valence-electron chi connectivity index (χ4n) is 2.61. The number of carbonyl (C=O) groups excluding carboxylic acids is 1. The van der Waals surface area contributed by atoms with Gasteiger partial charge >= 0.3 is 0 Å². The summed E-state index contributed by atoms with van der Waals surface area (Å²) in [6.07, 6.45) is 1.95. The Labute approximate surface area is 125 Å². The molecule has 1 atom stereocenters. The zero-order chi connectivity index (χ0) is 15.4. The van der Waals surface area contributed by atoms with Crippen molar-refractivity contribution in [2.75, 3.05) is 26.3 Å². The molecule has 5 nitrogen and oxygen atoms in total. The molecule has 1 aliphatic heterocycles. The van der Waals surface area contributed by atoms with Gasteiger partial charge in [-0.25, -0.2) is 0 Å². The van der Waals surface area contributed by atoms with E-state index in [2.05, 4.69) is 6.92 Å². The first-order valence-electron chi connectivity index (χ1n) is 7.58. The van der Waals surface area contributed by atoms with Crippen LogP contribution >= 0.6 is 0 Å². The van der Waals surface area contributed by atoms with Gasteiger partial charge in [0.25, 0.3) is 11.5 Å². The van der Waals surface area contributed by atoms with E-state index in [0.29, 0.717) is 25.6 Å². The van der Waals surface area contributed by atoms with E-state index in [0.717, 1.165) is 25.1 Å². The number of ether oxygens (including phenoxy) is 1. The van der Waals surface area contributed by atoms with Crippen molar-refractivity contribution in [3.05, 3.63) is 33.7 Å². The van der Waals surface area contributed by atoms with Gasteiger partial charge in [0.05, 0.1) is 6.61 Å². The van der Waals surface area contributed by atoms with E-state index >= 15 is 0 Å². The first kappa shape index (κ1) is 15.8. The summed E-state index contributed by atoms with van der Waals surface area (Å²) in [6.45, 7) is 6.78. The molecule has 21 heavy (non-hydrogen) atoms. The van der Waals surface area contributed by atoms with Gasteiger partial charge in [0.2, 0.25) is 0 Å². The molecule has 0 N–H and O–H groups in total. The van der Waals surface area contributed by atoms with Gasteiger partial charge in [-0.15, -0.1) is 0 Å².